The Labute approximate surface area is 152 Å². The lowest BCUT2D eigenvalue weighted by Gasteiger charge is -2.19. The smallest absolute Gasteiger partial charge is 0.134 e. The zero-order valence-electron chi connectivity index (χ0n) is 14.9. The number of hydrogen-bond acceptors (Lipinski definition) is 5. The van der Waals surface area contributed by atoms with Crippen molar-refractivity contribution in [3.63, 3.8) is 0 Å². The van der Waals surface area contributed by atoms with Crippen molar-refractivity contribution in [3.05, 3.63) is 77.1 Å². The second kappa shape index (κ2) is 8.12. The molecular formula is C20H23N3O3. The molecule has 3 rings (SSSR count). The van der Waals surface area contributed by atoms with Crippen molar-refractivity contribution in [1.82, 2.24) is 15.0 Å². The summed E-state index contributed by atoms with van der Waals surface area (Å²) in [5, 5.41) is 28.0. The maximum Gasteiger partial charge on any atom is 0.134 e. The highest BCUT2D eigenvalue weighted by Crippen LogP contribution is 2.25. The van der Waals surface area contributed by atoms with Crippen LogP contribution in [0, 0.1) is 6.92 Å². The van der Waals surface area contributed by atoms with E-state index in [1.54, 1.807) is 16.9 Å². The van der Waals surface area contributed by atoms with Crippen LogP contribution in [0.1, 0.15) is 41.5 Å². The molecule has 2 N–H and O–H groups in total. The predicted octanol–water partition coefficient (Wildman–Crippen LogP) is 2.95. The molecule has 2 aromatic carbocycles. The van der Waals surface area contributed by atoms with E-state index < -0.39 is 6.10 Å². The van der Waals surface area contributed by atoms with E-state index in [9.17, 15) is 5.11 Å². The fourth-order valence-electron chi connectivity index (χ4n) is 2.66. The Morgan fingerprint density at radius 3 is 2.65 bits per heavy atom. The zero-order valence-corrected chi connectivity index (χ0v) is 14.9. The molecule has 1 aromatic heterocycles. The van der Waals surface area contributed by atoms with Crippen molar-refractivity contribution in [2.75, 3.05) is 0 Å². The summed E-state index contributed by atoms with van der Waals surface area (Å²) >= 11 is 0. The molecule has 6 nitrogen and oxygen atoms in total. The third kappa shape index (κ3) is 4.28. The summed E-state index contributed by atoms with van der Waals surface area (Å²) < 4.78 is 7.34. The first-order valence-corrected chi connectivity index (χ1v) is 8.55. The molecule has 0 fully saturated rings. The molecule has 0 aliphatic carbocycles. The highest BCUT2D eigenvalue weighted by molar-refractivity contribution is 5.28. The van der Waals surface area contributed by atoms with E-state index in [4.69, 9.17) is 9.84 Å². The molecule has 6 heteroatoms. The molecule has 3 aromatic rings. The van der Waals surface area contributed by atoms with E-state index in [2.05, 4.69) is 10.3 Å². The van der Waals surface area contributed by atoms with Gasteiger partial charge in [0.2, 0.25) is 0 Å². The van der Waals surface area contributed by atoms with Gasteiger partial charge in [-0.25, -0.2) is 4.68 Å². The van der Waals surface area contributed by atoms with Gasteiger partial charge in [-0.05, 0) is 37.1 Å². The van der Waals surface area contributed by atoms with Crippen LogP contribution in [-0.4, -0.2) is 25.2 Å². The van der Waals surface area contributed by atoms with E-state index in [-0.39, 0.29) is 19.3 Å². The van der Waals surface area contributed by atoms with Crippen molar-refractivity contribution in [2.45, 2.75) is 39.2 Å². The number of aryl methyl sites for hydroxylation is 1. The SMILES string of the molecule is Cc1ccc(C(O)C(C)n2cc(COc3cccc(CO)c3)nn2)cc1. The van der Waals surface area contributed by atoms with Crippen LogP contribution in [0.2, 0.25) is 0 Å². The van der Waals surface area contributed by atoms with Crippen LogP contribution in [0.5, 0.6) is 5.75 Å². The van der Waals surface area contributed by atoms with E-state index in [1.165, 1.54) is 0 Å². The van der Waals surface area contributed by atoms with Crippen molar-refractivity contribution in [3.8, 4) is 5.75 Å². The minimum absolute atomic E-state index is 0.0260. The Morgan fingerprint density at radius 1 is 1.15 bits per heavy atom. The van der Waals surface area contributed by atoms with Gasteiger partial charge in [0.1, 0.15) is 24.2 Å². The Kier molecular flexibility index (Phi) is 5.65. The Hall–Kier alpha value is -2.70. The van der Waals surface area contributed by atoms with E-state index in [0.717, 1.165) is 16.7 Å². The molecule has 0 aliphatic rings. The third-order valence-electron chi connectivity index (χ3n) is 4.32. The molecule has 1 heterocycles. The van der Waals surface area contributed by atoms with Gasteiger partial charge >= 0.3 is 0 Å². The van der Waals surface area contributed by atoms with Crippen LogP contribution in [0.25, 0.3) is 0 Å². The molecule has 0 amide bonds. The van der Waals surface area contributed by atoms with Crippen LogP contribution < -0.4 is 4.74 Å². The Morgan fingerprint density at radius 2 is 1.92 bits per heavy atom. The topological polar surface area (TPSA) is 80.4 Å². The first-order valence-electron chi connectivity index (χ1n) is 8.55. The number of aliphatic hydroxyl groups is 2. The fourth-order valence-corrected chi connectivity index (χ4v) is 2.66. The molecule has 2 atom stereocenters. The highest BCUT2D eigenvalue weighted by Gasteiger charge is 2.19. The maximum absolute atomic E-state index is 10.6. The average Bonchev–Trinajstić information content (AvgIpc) is 3.15. The lowest BCUT2D eigenvalue weighted by Crippen LogP contribution is -2.15. The number of nitrogens with zero attached hydrogens (tertiary/aromatic N) is 3. The second-order valence-electron chi connectivity index (χ2n) is 6.38. The Bertz CT molecular complexity index is 846. The maximum atomic E-state index is 10.6. The molecular weight excluding hydrogens is 330 g/mol. The molecule has 136 valence electrons. The van der Waals surface area contributed by atoms with Gasteiger partial charge in [-0.1, -0.05) is 47.2 Å². The number of benzene rings is 2. The standard InChI is InChI=1S/C20H23N3O3/c1-14-6-8-17(9-7-14)20(25)15(2)23-11-18(21-22-23)13-26-19-5-3-4-16(10-19)12-24/h3-11,15,20,24-25H,12-13H2,1-2H3. The summed E-state index contributed by atoms with van der Waals surface area (Å²) in [7, 11) is 0. The van der Waals surface area contributed by atoms with E-state index >= 15 is 0 Å². The number of ether oxygens (including phenoxy) is 1. The van der Waals surface area contributed by atoms with Gasteiger partial charge in [0, 0.05) is 0 Å². The quantitative estimate of drug-likeness (QED) is 0.683. The van der Waals surface area contributed by atoms with Gasteiger partial charge in [-0.3, -0.25) is 0 Å². The van der Waals surface area contributed by atoms with Crippen molar-refractivity contribution >= 4 is 0 Å². The fraction of sp³-hybridized carbons (Fsp3) is 0.300. The number of hydrogen-bond donors (Lipinski definition) is 2. The number of rotatable bonds is 7. The molecule has 2 unspecified atom stereocenters. The normalized spacial score (nSPS) is 13.4. The van der Waals surface area contributed by atoms with Crippen LogP contribution in [0.4, 0.5) is 0 Å². The van der Waals surface area contributed by atoms with Crippen LogP contribution >= 0.6 is 0 Å². The van der Waals surface area contributed by atoms with Gasteiger partial charge in [0.15, 0.2) is 0 Å². The summed E-state index contributed by atoms with van der Waals surface area (Å²) in [5.41, 5.74) is 3.46. The summed E-state index contributed by atoms with van der Waals surface area (Å²) in [6, 6.07) is 14.8. The lowest BCUT2D eigenvalue weighted by atomic mass is 10.0. The summed E-state index contributed by atoms with van der Waals surface area (Å²) in [6.07, 6.45) is 1.10. The first-order chi connectivity index (χ1) is 12.6. The van der Waals surface area contributed by atoms with Crippen molar-refractivity contribution in [1.29, 1.82) is 0 Å². The van der Waals surface area contributed by atoms with Gasteiger partial charge in [-0.2, -0.15) is 0 Å². The Balaban J connectivity index is 1.63. The number of aliphatic hydroxyl groups excluding tert-OH is 2. The summed E-state index contributed by atoms with van der Waals surface area (Å²) in [5.74, 6) is 0.666. The molecule has 0 saturated heterocycles. The van der Waals surface area contributed by atoms with Gasteiger partial charge in [0.05, 0.1) is 18.8 Å². The van der Waals surface area contributed by atoms with Crippen LogP contribution in [-0.2, 0) is 13.2 Å². The highest BCUT2D eigenvalue weighted by atomic mass is 16.5. The summed E-state index contributed by atoms with van der Waals surface area (Å²) in [6.45, 7) is 4.15. The minimum atomic E-state index is -0.674. The molecule has 0 radical (unpaired) electrons. The molecule has 26 heavy (non-hydrogen) atoms. The van der Waals surface area contributed by atoms with Crippen molar-refractivity contribution < 1.29 is 14.9 Å². The second-order valence-corrected chi connectivity index (χ2v) is 6.38. The predicted molar refractivity (Wildman–Crippen MR) is 97.6 cm³/mol. The minimum Gasteiger partial charge on any atom is -0.487 e. The molecule has 0 aliphatic heterocycles. The van der Waals surface area contributed by atoms with E-state index in [0.29, 0.717) is 11.4 Å². The first kappa shape index (κ1) is 18.1. The molecule has 0 saturated carbocycles. The monoisotopic (exact) mass is 353 g/mol. The zero-order chi connectivity index (χ0) is 18.5. The molecule has 0 bridgehead atoms. The molecule has 0 spiro atoms. The van der Waals surface area contributed by atoms with Gasteiger partial charge in [0.25, 0.3) is 0 Å². The van der Waals surface area contributed by atoms with Gasteiger partial charge in [-0.15, -0.1) is 5.10 Å². The average molecular weight is 353 g/mol. The van der Waals surface area contributed by atoms with Crippen LogP contribution in [0.15, 0.2) is 54.7 Å². The van der Waals surface area contributed by atoms with Gasteiger partial charge < -0.3 is 14.9 Å². The van der Waals surface area contributed by atoms with Crippen molar-refractivity contribution in [2.24, 2.45) is 0 Å². The third-order valence-corrected chi connectivity index (χ3v) is 4.32. The van der Waals surface area contributed by atoms with E-state index in [1.807, 2.05) is 56.3 Å². The summed E-state index contributed by atoms with van der Waals surface area (Å²) in [4.78, 5) is 0. The lowest BCUT2D eigenvalue weighted by molar-refractivity contribution is 0.114. The largest absolute Gasteiger partial charge is 0.487 e. The van der Waals surface area contributed by atoms with Crippen LogP contribution in [0.3, 0.4) is 0 Å². The number of aromatic nitrogens is 3.